The van der Waals surface area contributed by atoms with Crippen molar-refractivity contribution in [3.8, 4) is 0 Å². The van der Waals surface area contributed by atoms with Crippen LogP contribution in [0.4, 0.5) is 36.3 Å². The zero-order valence-electron chi connectivity index (χ0n) is 21.4. The first-order valence-electron chi connectivity index (χ1n) is 12.7. The second-order valence-electron chi connectivity index (χ2n) is 11.2. The number of rotatable bonds is 5. The van der Waals surface area contributed by atoms with E-state index in [1.54, 1.807) is 24.0 Å². The molecule has 0 spiro atoms. The first kappa shape index (κ1) is 25.9. The Morgan fingerprint density at radius 3 is 2.79 bits per heavy atom. The lowest BCUT2D eigenvalue weighted by atomic mass is 9.76. The van der Waals surface area contributed by atoms with Gasteiger partial charge in [0.15, 0.2) is 5.82 Å². The van der Waals surface area contributed by atoms with Crippen molar-refractivity contribution in [3.05, 3.63) is 69.6 Å². The van der Waals surface area contributed by atoms with E-state index in [2.05, 4.69) is 20.2 Å². The van der Waals surface area contributed by atoms with Gasteiger partial charge in [0.05, 0.1) is 12.6 Å². The molecule has 0 saturated carbocycles. The number of carboxylic acid groups (broad SMARTS) is 1. The number of alkyl halides is 2. The van der Waals surface area contributed by atoms with Gasteiger partial charge in [0, 0.05) is 55.2 Å². The molecular weight excluding hydrogens is 531 g/mol. The molecule has 3 aromatic rings. The van der Waals surface area contributed by atoms with Gasteiger partial charge in [-0.1, -0.05) is 18.5 Å². The number of carboxylic acids is 1. The van der Waals surface area contributed by atoms with Crippen LogP contribution in [-0.4, -0.2) is 52.0 Å². The summed E-state index contributed by atoms with van der Waals surface area (Å²) in [6.45, 7) is 3.26. The van der Waals surface area contributed by atoms with Crippen LogP contribution < -0.4 is 10.2 Å². The van der Waals surface area contributed by atoms with Crippen LogP contribution in [0.3, 0.4) is 0 Å². The molecular formula is C28H27ClF3N5O2. The average Bonchev–Trinajstić information content (AvgIpc) is 3.09. The summed E-state index contributed by atoms with van der Waals surface area (Å²) < 4.78 is 43.3. The van der Waals surface area contributed by atoms with Crippen LogP contribution in [-0.2, 0) is 23.2 Å². The van der Waals surface area contributed by atoms with E-state index < -0.39 is 23.1 Å². The topological polar surface area (TPSA) is 81.6 Å². The zero-order chi connectivity index (χ0) is 27.7. The van der Waals surface area contributed by atoms with Gasteiger partial charge in [-0.15, -0.1) is 0 Å². The normalized spacial score (nSPS) is 23.3. The zero-order valence-corrected chi connectivity index (χ0v) is 22.2. The second kappa shape index (κ2) is 9.09. The van der Waals surface area contributed by atoms with Gasteiger partial charge < -0.3 is 20.2 Å². The molecule has 1 aromatic heterocycles. The lowest BCUT2D eigenvalue weighted by Crippen LogP contribution is -2.39. The number of hydrogen-bond donors (Lipinski definition) is 2. The molecule has 0 fully saturated rings. The first-order chi connectivity index (χ1) is 18.4. The largest absolute Gasteiger partial charge is 0.481 e. The highest BCUT2D eigenvalue weighted by Gasteiger charge is 2.44. The van der Waals surface area contributed by atoms with Crippen molar-refractivity contribution >= 4 is 40.7 Å². The summed E-state index contributed by atoms with van der Waals surface area (Å²) in [4.78, 5) is 24.4. The highest BCUT2D eigenvalue weighted by atomic mass is 35.5. The van der Waals surface area contributed by atoms with Crippen LogP contribution >= 0.6 is 11.6 Å². The standard InChI is InChI=1S/C28H27ClF3N5O2/c1-27(10-23(38)39)14-37(22-4-3-18(30)7-20(22)27)25-21(29)11-33-26(35-25)34-19-5-15-8-28(31,32)9-17-13-36(2)12-16(6-19)24(15)17/h3-7,11,17H,8-10,12-14H2,1-2H3,(H,38,39)(H,33,34,35). The smallest absolute Gasteiger partial charge is 0.304 e. The maximum atomic E-state index is 14.6. The second-order valence-corrected chi connectivity index (χ2v) is 11.6. The van der Waals surface area contributed by atoms with E-state index in [0.29, 0.717) is 41.4 Å². The lowest BCUT2D eigenvalue weighted by molar-refractivity contribution is -0.138. The summed E-state index contributed by atoms with van der Waals surface area (Å²) in [5.41, 5.74) is 3.57. The van der Waals surface area contributed by atoms with Gasteiger partial charge in [0.2, 0.25) is 5.95 Å². The van der Waals surface area contributed by atoms with Gasteiger partial charge in [-0.05, 0) is 59.6 Å². The predicted molar refractivity (Wildman–Crippen MR) is 142 cm³/mol. The number of aromatic nitrogens is 2. The molecule has 7 nitrogen and oxygen atoms in total. The minimum atomic E-state index is -2.76. The van der Waals surface area contributed by atoms with Gasteiger partial charge in [-0.3, -0.25) is 4.79 Å². The monoisotopic (exact) mass is 557 g/mol. The molecule has 204 valence electrons. The van der Waals surface area contributed by atoms with Crippen molar-refractivity contribution in [2.24, 2.45) is 0 Å². The van der Waals surface area contributed by atoms with Crippen molar-refractivity contribution in [2.45, 2.75) is 50.0 Å². The number of aliphatic carboxylic acids is 1. The fourth-order valence-corrected chi connectivity index (χ4v) is 6.70. The van der Waals surface area contributed by atoms with E-state index in [-0.39, 0.29) is 42.7 Å². The van der Waals surface area contributed by atoms with Crippen LogP contribution in [0.2, 0.25) is 5.02 Å². The Kier molecular flexibility index (Phi) is 6.03. The van der Waals surface area contributed by atoms with E-state index >= 15 is 0 Å². The van der Waals surface area contributed by atoms with E-state index in [4.69, 9.17) is 11.6 Å². The molecule has 6 rings (SSSR count). The summed E-state index contributed by atoms with van der Waals surface area (Å²) in [7, 11) is 1.93. The van der Waals surface area contributed by atoms with Crippen molar-refractivity contribution in [1.82, 2.24) is 14.9 Å². The molecule has 2 N–H and O–H groups in total. The third-order valence-electron chi connectivity index (χ3n) is 7.91. The Balaban J connectivity index is 1.36. The van der Waals surface area contributed by atoms with Crippen LogP contribution in [0.5, 0.6) is 0 Å². The van der Waals surface area contributed by atoms with Crippen LogP contribution in [0.1, 0.15) is 47.9 Å². The fourth-order valence-electron chi connectivity index (χ4n) is 6.51. The molecule has 3 aliphatic rings. The summed E-state index contributed by atoms with van der Waals surface area (Å²) in [5.74, 6) is -3.88. The van der Waals surface area contributed by atoms with Crippen molar-refractivity contribution in [1.29, 1.82) is 0 Å². The lowest BCUT2D eigenvalue weighted by Gasteiger charge is -2.39. The van der Waals surface area contributed by atoms with Gasteiger partial charge in [0.1, 0.15) is 10.8 Å². The van der Waals surface area contributed by atoms with Crippen molar-refractivity contribution < 1.29 is 23.1 Å². The number of benzene rings is 2. The van der Waals surface area contributed by atoms with Crippen LogP contribution in [0, 0.1) is 5.82 Å². The third-order valence-corrected chi connectivity index (χ3v) is 8.18. The van der Waals surface area contributed by atoms with Gasteiger partial charge in [0.25, 0.3) is 5.92 Å². The molecule has 11 heteroatoms. The van der Waals surface area contributed by atoms with E-state index in [1.807, 2.05) is 13.1 Å². The quantitative estimate of drug-likeness (QED) is 0.398. The summed E-state index contributed by atoms with van der Waals surface area (Å²) >= 11 is 6.52. The molecule has 0 bridgehead atoms. The maximum absolute atomic E-state index is 14.6. The summed E-state index contributed by atoms with van der Waals surface area (Å²) in [6, 6.07) is 7.96. The van der Waals surface area contributed by atoms with E-state index in [9.17, 15) is 23.1 Å². The number of nitrogens with one attached hydrogen (secondary N) is 1. The number of hydrogen-bond acceptors (Lipinski definition) is 6. The molecule has 39 heavy (non-hydrogen) atoms. The molecule has 3 heterocycles. The molecule has 0 amide bonds. The van der Waals surface area contributed by atoms with Crippen molar-refractivity contribution in [2.75, 3.05) is 30.4 Å². The molecule has 2 atom stereocenters. The van der Waals surface area contributed by atoms with Crippen LogP contribution in [0.15, 0.2) is 36.5 Å². The molecule has 2 aromatic carbocycles. The highest BCUT2D eigenvalue weighted by Crippen LogP contribution is 2.48. The Morgan fingerprint density at radius 1 is 1.26 bits per heavy atom. The maximum Gasteiger partial charge on any atom is 0.304 e. The number of anilines is 4. The van der Waals surface area contributed by atoms with Gasteiger partial charge in [-0.2, -0.15) is 4.98 Å². The molecule has 0 saturated heterocycles. The Labute approximate surface area is 228 Å². The molecule has 1 aliphatic carbocycles. The van der Waals surface area contributed by atoms with Gasteiger partial charge >= 0.3 is 5.97 Å². The summed E-state index contributed by atoms with van der Waals surface area (Å²) in [5, 5.41) is 12.9. The number of fused-ring (bicyclic) bond motifs is 1. The minimum Gasteiger partial charge on any atom is -0.481 e. The predicted octanol–water partition coefficient (Wildman–Crippen LogP) is 6.01. The minimum absolute atomic E-state index is 0.143. The van der Waals surface area contributed by atoms with Crippen molar-refractivity contribution in [3.63, 3.8) is 0 Å². The van der Waals surface area contributed by atoms with Gasteiger partial charge in [-0.25, -0.2) is 18.2 Å². The fraction of sp³-hybridized carbons (Fsp3) is 0.393. The molecule has 0 radical (unpaired) electrons. The Hall–Kier alpha value is -3.37. The molecule has 2 unspecified atom stereocenters. The summed E-state index contributed by atoms with van der Waals surface area (Å²) in [6.07, 6.45) is 0.783. The average molecular weight is 558 g/mol. The SMILES string of the molecule is CN1Cc2cc(Nc3ncc(Cl)c(N4CC(C)(CC(=O)O)c5cc(F)ccc54)n3)cc3c2C(C1)CC(F)(F)C3. The third kappa shape index (κ3) is 4.69. The number of carbonyl (C=O) groups is 1. The highest BCUT2D eigenvalue weighted by molar-refractivity contribution is 6.33. The van der Waals surface area contributed by atoms with E-state index in [0.717, 1.165) is 11.1 Å². The number of nitrogens with zero attached hydrogens (tertiary/aromatic N) is 4. The first-order valence-corrected chi connectivity index (χ1v) is 13.1. The Morgan fingerprint density at radius 2 is 2.03 bits per heavy atom. The number of halogens is 4. The molecule has 2 aliphatic heterocycles. The van der Waals surface area contributed by atoms with E-state index in [1.165, 1.54) is 18.3 Å². The Bertz CT molecular complexity index is 1500. The number of likely N-dealkylation sites (N-methyl/N-ethyl adjacent to an activating group) is 1. The van der Waals surface area contributed by atoms with Crippen LogP contribution in [0.25, 0.3) is 0 Å².